The van der Waals surface area contributed by atoms with Crippen molar-refractivity contribution in [2.75, 3.05) is 7.11 Å². The number of rotatable bonds is 3. The molecular weight excluding hydrogens is 248 g/mol. The zero-order chi connectivity index (χ0) is 14.0. The first-order chi connectivity index (χ1) is 9.04. The van der Waals surface area contributed by atoms with E-state index in [0.29, 0.717) is 11.1 Å². The molecule has 0 spiro atoms. The third-order valence-electron chi connectivity index (χ3n) is 2.78. The highest BCUT2D eigenvalue weighted by molar-refractivity contribution is 6.24. The maximum atomic E-state index is 12.2. The number of methoxy groups -OCH3 is 1. The maximum absolute atomic E-state index is 12.2. The maximum Gasteiger partial charge on any atom is 0.302 e. The van der Waals surface area contributed by atoms with E-state index in [1.54, 1.807) is 18.2 Å². The van der Waals surface area contributed by atoms with Crippen LogP contribution in [0.15, 0.2) is 30.0 Å². The van der Waals surface area contributed by atoms with Crippen molar-refractivity contribution >= 4 is 17.5 Å². The lowest BCUT2D eigenvalue weighted by Gasteiger charge is -2.17. The number of fused-ring (bicyclic) bond motifs is 1. The molecule has 1 aliphatic rings. The Morgan fingerprint density at radius 3 is 2.63 bits per heavy atom. The second-order valence-corrected chi connectivity index (χ2v) is 4.03. The summed E-state index contributed by atoms with van der Waals surface area (Å²) in [5.74, 6) is -1.13. The van der Waals surface area contributed by atoms with Gasteiger partial charge in [-0.1, -0.05) is 18.2 Å². The Hall–Kier alpha value is -2.43. The molecule has 0 aromatic heterocycles. The molecular formula is C14H12O5. The molecule has 98 valence electrons. The molecule has 0 amide bonds. The van der Waals surface area contributed by atoms with Gasteiger partial charge in [0.25, 0.3) is 0 Å². The molecule has 0 N–H and O–H groups in total. The van der Waals surface area contributed by atoms with Crippen molar-refractivity contribution in [3.05, 3.63) is 46.7 Å². The van der Waals surface area contributed by atoms with Gasteiger partial charge in [-0.05, 0) is 0 Å². The molecule has 0 aliphatic heterocycles. The minimum Gasteiger partial charge on any atom is -0.492 e. The number of hydrogen-bond donors (Lipinski definition) is 0. The molecule has 0 unspecified atom stereocenters. The molecule has 0 heterocycles. The van der Waals surface area contributed by atoms with Crippen LogP contribution in [0.5, 0.6) is 0 Å². The Kier molecular flexibility index (Phi) is 3.46. The van der Waals surface area contributed by atoms with Crippen LogP contribution in [0.4, 0.5) is 0 Å². The SMILES string of the molecule is COC1=CC(=O)c2cccc(COC(C)=O)c2C1=O. The molecule has 0 fully saturated rings. The predicted octanol–water partition coefficient (Wildman–Crippen LogP) is 1.66. The van der Waals surface area contributed by atoms with Gasteiger partial charge in [0, 0.05) is 29.7 Å². The Balaban J connectivity index is 2.47. The van der Waals surface area contributed by atoms with Crippen molar-refractivity contribution in [1.29, 1.82) is 0 Å². The van der Waals surface area contributed by atoms with Gasteiger partial charge in [-0.15, -0.1) is 0 Å². The summed E-state index contributed by atoms with van der Waals surface area (Å²) in [6, 6.07) is 4.86. The van der Waals surface area contributed by atoms with Gasteiger partial charge in [-0.3, -0.25) is 14.4 Å². The smallest absolute Gasteiger partial charge is 0.302 e. The lowest BCUT2D eigenvalue weighted by atomic mass is 9.90. The summed E-state index contributed by atoms with van der Waals surface area (Å²) in [7, 11) is 1.33. The molecule has 0 atom stereocenters. The number of carbonyl (C=O) groups is 3. The Morgan fingerprint density at radius 1 is 1.26 bits per heavy atom. The van der Waals surface area contributed by atoms with E-state index in [0.717, 1.165) is 0 Å². The van der Waals surface area contributed by atoms with E-state index in [1.807, 2.05) is 0 Å². The molecule has 1 aliphatic carbocycles. The van der Waals surface area contributed by atoms with Gasteiger partial charge >= 0.3 is 5.97 Å². The molecule has 0 radical (unpaired) electrons. The highest BCUT2D eigenvalue weighted by Gasteiger charge is 2.28. The Labute approximate surface area is 109 Å². The Morgan fingerprint density at radius 2 is 2.00 bits per heavy atom. The lowest BCUT2D eigenvalue weighted by Crippen LogP contribution is -2.20. The van der Waals surface area contributed by atoms with E-state index in [4.69, 9.17) is 9.47 Å². The highest BCUT2D eigenvalue weighted by Crippen LogP contribution is 2.25. The van der Waals surface area contributed by atoms with Crippen LogP contribution in [0.1, 0.15) is 33.2 Å². The van der Waals surface area contributed by atoms with Crippen LogP contribution in [0, 0.1) is 0 Å². The van der Waals surface area contributed by atoms with Gasteiger partial charge in [-0.25, -0.2) is 0 Å². The number of carbonyl (C=O) groups excluding carboxylic acids is 3. The van der Waals surface area contributed by atoms with Gasteiger partial charge in [0.15, 0.2) is 11.5 Å². The second-order valence-electron chi connectivity index (χ2n) is 4.03. The van der Waals surface area contributed by atoms with E-state index in [-0.39, 0.29) is 29.5 Å². The summed E-state index contributed by atoms with van der Waals surface area (Å²) in [6.45, 7) is 1.23. The summed E-state index contributed by atoms with van der Waals surface area (Å²) in [4.78, 5) is 34.9. The first kappa shape index (κ1) is 13.0. The van der Waals surface area contributed by atoms with Crippen molar-refractivity contribution < 1.29 is 23.9 Å². The van der Waals surface area contributed by atoms with Crippen LogP contribution in [0.3, 0.4) is 0 Å². The van der Waals surface area contributed by atoms with Crippen molar-refractivity contribution in [2.45, 2.75) is 13.5 Å². The Bertz CT molecular complexity index is 598. The van der Waals surface area contributed by atoms with Gasteiger partial charge in [0.05, 0.1) is 7.11 Å². The van der Waals surface area contributed by atoms with E-state index >= 15 is 0 Å². The summed E-state index contributed by atoms with van der Waals surface area (Å²) in [5, 5.41) is 0. The van der Waals surface area contributed by atoms with Crippen LogP contribution in [-0.2, 0) is 20.9 Å². The number of Topliss-reactive ketones (excluding diaryl/α,β-unsaturated/α-hetero) is 1. The van der Waals surface area contributed by atoms with Crippen molar-refractivity contribution in [2.24, 2.45) is 0 Å². The molecule has 5 heteroatoms. The van der Waals surface area contributed by atoms with Crippen molar-refractivity contribution in [1.82, 2.24) is 0 Å². The number of ketones is 2. The summed E-state index contributed by atoms with van der Waals surface area (Å²) >= 11 is 0. The summed E-state index contributed by atoms with van der Waals surface area (Å²) < 4.78 is 9.78. The zero-order valence-corrected chi connectivity index (χ0v) is 10.6. The van der Waals surface area contributed by atoms with Crippen LogP contribution in [-0.4, -0.2) is 24.6 Å². The van der Waals surface area contributed by atoms with E-state index in [2.05, 4.69) is 0 Å². The average molecular weight is 260 g/mol. The van der Waals surface area contributed by atoms with Gasteiger partial charge in [0.1, 0.15) is 6.61 Å². The highest BCUT2D eigenvalue weighted by atomic mass is 16.5. The minimum atomic E-state index is -0.449. The van der Waals surface area contributed by atoms with Crippen LogP contribution < -0.4 is 0 Å². The lowest BCUT2D eigenvalue weighted by molar-refractivity contribution is -0.142. The van der Waals surface area contributed by atoms with Gasteiger partial charge in [-0.2, -0.15) is 0 Å². The molecule has 0 saturated heterocycles. The topological polar surface area (TPSA) is 69.7 Å². The second kappa shape index (κ2) is 5.06. The number of benzene rings is 1. The normalized spacial score (nSPS) is 13.7. The van der Waals surface area contributed by atoms with Gasteiger partial charge < -0.3 is 9.47 Å². The molecule has 1 aromatic rings. The minimum absolute atomic E-state index is 0.00669. The van der Waals surface area contributed by atoms with Crippen LogP contribution in [0.2, 0.25) is 0 Å². The first-order valence-corrected chi connectivity index (χ1v) is 5.64. The van der Waals surface area contributed by atoms with E-state index < -0.39 is 5.97 Å². The fourth-order valence-electron chi connectivity index (χ4n) is 1.91. The monoisotopic (exact) mass is 260 g/mol. The fraction of sp³-hybridized carbons (Fsp3) is 0.214. The molecule has 0 saturated carbocycles. The molecule has 0 bridgehead atoms. The number of hydrogen-bond acceptors (Lipinski definition) is 5. The number of allylic oxidation sites excluding steroid dienone is 2. The van der Waals surface area contributed by atoms with Crippen molar-refractivity contribution in [3.63, 3.8) is 0 Å². The quantitative estimate of drug-likeness (QED) is 0.773. The summed E-state index contributed by atoms with van der Waals surface area (Å²) in [6.07, 6.45) is 1.17. The van der Waals surface area contributed by atoms with Gasteiger partial charge in [0.2, 0.25) is 5.78 Å². The first-order valence-electron chi connectivity index (χ1n) is 5.64. The largest absolute Gasteiger partial charge is 0.492 e. The molecule has 5 nitrogen and oxygen atoms in total. The molecule has 2 rings (SSSR count). The van der Waals surface area contributed by atoms with E-state index in [9.17, 15) is 14.4 Å². The zero-order valence-electron chi connectivity index (χ0n) is 10.6. The standard InChI is InChI=1S/C14H12O5/c1-8(15)19-7-9-4-3-5-10-11(16)6-12(18-2)14(17)13(9)10/h3-6H,7H2,1-2H3. The van der Waals surface area contributed by atoms with Crippen LogP contribution >= 0.6 is 0 Å². The number of esters is 1. The van der Waals surface area contributed by atoms with E-state index in [1.165, 1.54) is 20.1 Å². The molecule has 1 aromatic carbocycles. The van der Waals surface area contributed by atoms with Crippen molar-refractivity contribution in [3.8, 4) is 0 Å². The average Bonchev–Trinajstić information content (AvgIpc) is 2.40. The number of ether oxygens (including phenoxy) is 2. The third-order valence-corrected chi connectivity index (χ3v) is 2.78. The summed E-state index contributed by atoms with van der Waals surface area (Å²) in [5.41, 5.74) is 1.04. The fourth-order valence-corrected chi connectivity index (χ4v) is 1.91. The van der Waals surface area contributed by atoms with Crippen LogP contribution in [0.25, 0.3) is 0 Å². The predicted molar refractivity (Wildman–Crippen MR) is 65.7 cm³/mol. The molecule has 19 heavy (non-hydrogen) atoms. The third kappa shape index (κ3) is 2.40.